The first-order valence-corrected chi connectivity index (χ1v) is 9.39. The zero-order valence-electron chi connectivity index (χ0n) is 13.4. The molecule has 0 N–H and O–H groups in total. The Kier molecular flexibility index (Phi) is 4.73. The minimum atomic E-state index is -3.44. The number of hydrogen-bond acceptors (Lipinski definition) is 4. The van der Waals surface area contributed by atoms with E-state index in [9.17, 15) is 12.8 Å². The van der Waals surface area contributed by atoms with Gasteiger partial charge in [0, 0.05) is 32.7 Å². The first kappa shape index (κ1) is 16.8. The molecule has 2 heterocycles. The Morgan fingerprint density at radius 3 is 2.39 bits per heavy atom. The molecule has 1 unspecified atom stereocenters. The fourth-order valence-corrected chi connectivity index (χ4v) is 4.52. The van der Waals surface area contributed by atoms with Crippen molar-refractivity contribution in [1.29, 1.82) is 0 Å². The van der Waals surface area contributed by atoms with E-state index in [1.165, 1.54) is 4.31 Å². The van der Waals surface area contributed by atoms with Crippen molar-refractivity contribution in [3.8, 4) is 0 Å². The Morgan fingerprint density at radius 1 is 1.17 bits per heavy atom. The average Bonchev–Trinajstić information content (AvgIpc) is 2.87. The molecular formula is C16H23FN2O3S. The van der Waals surface area contributed by atoms with E-state index in [2.05, 4.69) is 4.90 Å². The summed E-state index contributed by atoms with van der Waals surface area (Å²) in [5.74, 6) is 0. The van der Waals surface area contributed by atoms with Crippen molar-refractivity contribution in [2.45, 2.75) is 30.5 Å². The monoisotopic (exact) mass is 342 g/mol. The van der Waals surface area contributed by atoms with Gasteiger partial charge in [-0.15, -0.1) is 0 Å². The van der Waals surface area contributed by atoms with Crippen LogP contribution in [-0.2, 0) is 21.3 Å². The number of benzene rings is 1. The van der Waals surface area contributed by atoms with Crippen molar-refractivity contribution in [3.05, 3.63) is 29.8 Å². The van der Waals surface area contributed by atoms with Gasteiger partial charge >= 0.3 is 0 Å². The van der Waals surface area contributed by atoms with Crippen molar-refractivity contribution in [1.82, 2.24) is 9.21 Å². The lowest BCUT2D eigenvalue weighted by Crippen LogP contribution is -2.40. The summed E-state index contributed by atoms with van der Waals surface area (Å²) in [6.45, 7) is 5.12. The normalized spacial score (nSPS) is 27.4. The second kappa shape index (κ2) is 6.47. The molecule has 1 aromatic rings. The third kappa shape index (κ3) is 3.91. The molecule has 3 rings (SSSR count). The Morgan fingerprint density at radius 2 is 1.83 bits per heavy atom. The summed E-state index contributed by atoms with van der Waals surface area (Å²) in [6, 6.07) is 6.93. The van der Waals surface area contributed by atoms with Crippen LogP contribution in [0.3, 0.4) is 0 Å². The van der Waals surface area contributed by atoms with Crippen LogP contribution in [0.2, 0.25) is 0 Å². The Hall–Kier alpha value is -1.02. The zero-order chi connectivity index (χ0) is 16.5. The van der Waals surface area contributed by atoms with Gasteiger partial charge in [-0.1, -0.05) is 12.1 Å². The number of hydrogen-bond donors (Lipinski definition) is 0. The van der Waals surface area contributed by atoms with Crippen LogP contribution in [0.15, 0.2) is 29.2 Å². The molecule has 1 atom stereocenters. The summed E-state index contributed by atoms with van der Waals surface area (Å²) in [4.78, 5) is 2.37. The van der Waals surface area contributed by atoms with Gasteiger partial charge in [-0.2, -0.15) is 4.31 Å². The molecule has 0 bridgehead atoms. The number of sulfonamides is 1. The highest BCUT2D eigenvalue weighted by molar-refractivity contribution is 7.89. The van der Waals surface area contributed by atoms with Crippen molar-refractivity contribution >= 4 is 10.0 Å². The molecule has 0 amide bonds. The van der Waals surface area contributed by atoms with E-state index in [0.717, 1.165) is 12.1 Å². The number of likely N-dealkylation sites (tertiary alicyclic amines) is 1. The first-order valence-electron chi connectivity index (χ1n) is 7.95. The van der Waals surface area contributed by atoms with Gasteiger partial charge in [0.05, 0.1) is 18.1 Å². The SMILES string of the molecule is CC1(F)CCN(Cc2ccc(S(=O)(=O)N3CCOCC3)cc2)C1. The van der Waals surface area contributed by atoms with E-state index in [1.807, 2.05) is 12.1 Å². The standard InChI is InChI=1S/C16H23FN2O3S/c1-16(17)6-7-18(13-16)12-14-2-4-15(5-3-14)23(20,21)19-8-10-22-11-9-19/h2-5H,6-13H2,1H3. The molecule has 0 radical (unpaired) electrons. The Labute approximate surface area is 137 Å². The number of alkyl halides is 1. The number of nitrogens with zero attached hydrogens (tertiary/aromatic N) is 2. The van der Waals surface area contributed by atoms with E-state index >= 15 is 0 Å². The average molecular weight is 342 g/mol. The van der Waals surface area contributed by atoms with Gasteiger partial charge < -0.3 is 4.74 Å². The minimum absolute atomic E-state index is 0.305. The second-order valence-corrected chi connectivity index (χ2v) is 8.47. The van der Waals surface area contributed by atoms with E-state index in [0.29, 0.717) is 50.7 Å². The van der Waals surface area contributed by atoms with Gasteiger partial charge in [0.2, 0.25) is 10.0 Å². The van der Waals surface area contributed by atoms with Crippen molar-refractivity contribution in [2.24, 2.45) is 0 Å². The van der Waals surface area contributed by atoms with Gasteiger partial charge in [-0.05, 0) is 31.0 Å². The molecule has 2 aliphatic heterocycles. The van der Waals surface area contributed by atoms with Crippen LogP contribution in [0.5, 0.6) is 0 Å². The van der Waals surface area contributed by atoms with Crippen LogP contribution in [0, 0.1) is 0 Å². The lowest BCUT2D eigenvalue weighted by atomic mass is 10.1. The second-order valence-electron chi connectivity index (χ2n) is 6.53. The molecule has 0 spiro atoms. The van der Waals surface area contributed by atoms with Crippen LogP contribution in [-0.4, -0.2) is 62.7 Å². The summed E-state index contributed by atoms with van der Waals surface area (Å²) >= 11 is 0. The summed E-state index contributed by atoms with van der Waals surface area (Å²) in [7, 11) is -3.44. The molecule has 2 saturated heterocycles. The summed E-state index contributed by atoms with van der Waals surface area (Å²) in [5.41, 5.74) is -0.108. The molecule has 5 nitrogen and oxygen atoms in total. The minimum Gasteiger partial charge on any atom is -0.379 e. The highest BCUT2D eigenvalue weighted by atomic mass is 32.2. The number of ether oxygens (including phenoxy) is 1. The predicted molar refractivity (Wildman–Crippen MR) is 85.4 cm³/mol. The smallest absolute Gasteiger partial charge is 0.243 e. The maximum atomic E-state index is 13.9. The van der Waals surface area contributed by atoms with Crippen molar-refractivity contribution < 1.29 is 17.5 Å². The maximum Gasteiger partial charge on any atom is 0.243 e. The number of rotatable bonds is 4. The molecule has 0 aromatic heterocycles. The fraction of sp³-hybridized carbons (Fsp3) is 0.625. The molecule has 7 heteroatoms. The highest BCUT2D eigenvalue weighted by Crippen LogP contribution is 2.26. The van der Waals surface area contributed by atoms with Gasteiger partial charge in [0.25, 0.3) is 0 Å². The van der Waals surface area contributed by atoms with Crippen LogP contribution in [0.25, 0.3) is 0 Å². The number of halogens is 1. The van der Waals surface area contributed by atoms with Gasteiger partial charge in [-0.3, -0.25) is 4.90 Å². The fourth-order valence-electron chi connectivity index (χ4n) is 3.11. The molecule has 2 aliphatic rings. The summed E-state index contributed by atoms with van der Waals surface area (Å²) in [6.07, 6.45) is 0.552. The van der Waals surface area contributed by atoms with Crippen LogP contribution in [0.1, 0.15) is 18.9 Å². The summed E-state index contributed by atoms with van der Waals surface area (Å²) < 4.78 is 45.6. The van der Waals surface area contributed by atoms with Crippen LogP contribution >= 0.6 is 0 Å². The quantitative estimate of drug-likeness (QED) is 0.835. The topological polar surface area (TPSA) is 49.9 Å². The lowest BCUT2D eigenvalue weighted by molar-refractivity contribution is 0.0730. The van der Waals surface area contributed by atoms with Crippen molar-refractivity contribution in [3.63, 3.8) is 0 Å². The largest absolute Gasteiger partial charge is 0.379 e. The Bertz CT molecular complexity index is 640. The lowest BCUT2D eigenvalue weighted by Gasteiger charge is -2.26. The van der Waals surface area contributed by atoms with E-state index in [-0.39, 0.29) is 0 Å². The van der Waals surface area contributed by atoms with Gasteiger partial charge in [-0.25, -0.2) is 12.8 Å². The predicted octanol–water partition coefficient (Wildman–Crippen LogP) is 1.64. The van der Waals surface area contributed by atoms with Crippen LogP contribution < -0.4 is 0 Å². The van der Waals surface area contributed by atoms with Gasteiger partial charge in [0.15, 0.2) is 0 Å². The first-order chi connectivity index (χ1) is 10.9. The molecule has 128 valence electrons. The number of morpholine rings is 1. The van der Waals surface area contributed by atoms with Crippen molar-refractivity contribution in [2.75, 3.05) is 39.4 Å². The van der Waals surface area contributed by atoms with Gasteiger partial charge in [0.1, 0.15) is 5.67 Å². The molecule has 1 aromatic carbocycles. The molecule has 2 fully saturated rings. The third-order valence-corrected chi connectivity index (χ3v) is 6.35. The maximum absolute atomic E-state index is 13.9. The third-order valence-electron chi connectivity index (χ3n) is 4.44. The Balaban J connectivity index is 1.67. The molecule has 0 aliphatic carbocycles. The highest BCUT2D eigenvalue weighted by Gasteiger charge is 2.33. The van der Waals surface area contributed by atoms with E-state index < -0.39 is 15.7 Å². The van der Waals surface area contributed by atoms with Crippen LogP contribution in [0.4, 0.5) is 4.39 Å². The zero-order valence-corrected chi connectivity index (χ0v) is 14.2. The van der Waals surface area contributed by atoms with E-state index in [1.54, 1.807) is 19.1 Å². The summed E-state index contributed by atoms with van der Waals surface area (Å²) in [5, 5.41) is 0. The van der Waals surface area contributed by atoms with E-state index in [4.69, 9.17) is 4.74 Å². The molecule has 23 heavy (non-hydrogen) atoms. The molecular weight excluding hydrogens is 319 g/mol. The molecule has 0 saturated carbocycles.